The van der Waals surface area contributed by atoms with Gasteiger partial charge in [0.2, 0.25) is 0 Å². The third-order valence-corrected chi connectivity index (χ3v) is 0.963. The lowest BCUT2D eigenvalue weighted by Gasteiger charge is -1.94. The summed E-state index contributed by atoms with van der Waals surface area (Å²) in [7, 11) is 0. The molecule has 0 rings (SSSR count). The van der Waals surface area contributed by atoms with Crippen LogP contribution in [-0.2, 0) is 5.11 Å². The highest BCUT2D eigenvalue weighted by Crippen LogP contribution is 1.95. The summed E-state index contributed by atoms with van der Waals surface area (Å²) in [6, 6.07) is 0. The molecule has 0 aromatic heterocycles. The van der Waals surface area contributed by atoms with Crippen LogP contribution in [0.1, 0.15) is 20.3 Å². The van der Waals surface area contributed by atoms with Gasteiger partial charge in [-0.3, -0.25) is 0 Å². The fourth-order valence-electron chi connectivity index (χ4n) is 0.424. The quantitative estimate of drug-likeness (QED) is 0.499. The lowest BCUT2D eigenvalue weighted by molar-refractivity contribution is 0.168. The monoisotopic (exact) mass is 113 g/mol. The van der Waals surface area contributed by atoms with Crippen molar-refractivity contribution in [2.75, 3.05) is 6.61 Å². The van der Waals surface area contributed by atoms with E-state index in [2.05, 4.69) is 6.92 Å². The predicted molar refractivity (Wildman–Crippen MR) is 34.1 cm³/mol. The minimum Gasteiger partial charge on any atom is -0.236 e. The van der Waals surface area contributed by atoms with Crippen LogP contribution < -0.4 is 0 Å². The molecule has 0 aliphatic heterocycles. The van der Waals surface area contributed by atoms with Crippen LogP contribution in [0.15, 0.2) is 12.2 Å². The molecule has 0 aliphatic carbocycles. The normalized spacial score (nSPS) is 14.9. The fourth-order valence-corrected chi connectivity index (χ4v) is 0.424. The van der Waals surface area contributed by atoms with Crippen molar-refractivity contribution in [3.05, 3.63) is 12.2 Å². The van der Waals surface area contributed by atoms with Crippen LogP contribution in [-0.4, -0.2) is 6.61 Å². The van der Waals surface area contributed by atoms with E-state index in [-0.39, 0.29) is 12.5 Å². The highest BCUT2D eigenvalue weighted by molar-refractivity contribution is 4.84. The van der Waals surface area contributed by atoms with Gasteiger partial charge in [0.05, 0.1) is 6.61 Å². The van der Waals surface area contributed by atoms with Crippen LogP contribution in [0.4, 0.5) is 0 Å². The van der Waals surface area contributed by atoms with Crippen LogP contribution in [0.3, 0.4) is 0 Å². The van der Waals surface area contributed by atoms with Crippen molar-refractivity contribution in [1.29, 1.82) is 0 Å². The minimum absolute atomic E-state index is 0.0104. The van der Waals surface area contributed by atoms with Crippen molar-refractivity contribution in [2.24, 2.45) is 5.92 Å². The van der Waals surface area contributed by atoms with Crippen LogP contribution in [0, 0.1) is 5.92 Å². The molecule has 0 heterocycles. The van der Waals surface area contributed by atoms with E-state index in [1.807, 2.05) is 19.1 Å². The Kier molecular flexibility index (Phi) is 4.67. The fraction of sp³-hybridized carbons (Fsp3) is 0.714. The largest absolute Gasteiger partial charge is 0.236 e. The topological polar surface area (TPSA) is 19.9 Å². The average Bonchev–Trinajstić information content (AvgIpc) is 1.83. The third kappa shape index (κ3) is 3.88. The Morgan fingerprint density at radius 1 is 1.62 bits per heavy atom. The molecule has 1 radical (unpaired) electrons. The molecular formula is C7H13O. The molecule has 1 nitrogen and oxygen atoms in total. The molecule has 0 amide bonds. The smallest absolute Gasteiger partial charge is 0.0882 e. The minimum atomic E-state index is 0.0104. The van der Waals surface area contributed by atoms with Crippen molar-refractivity contribution >= 4 is 0 Å². The first-order chi connectivity index (χ1) is 3.81. The molecule has 47 valence electrons. The second-order valence-electron chi connectivity index (χ2n) is 1.98. The van der Waals surface area contributed by atoms with E-state index >= 15 is 0 Å². The summed E-state index contributed by atoms with van der Waals surface area (Å²) < 4.78 is 0. The highest BCUT2D eigenvalue weighted by Gasteiger charge is 1.90. The highest BCUT2D eigenvalue weighted by atomic mass is 16.3. The van der Waals surface area contributed by atoms with Crippen LogP contribution in [0.5, 0.6) is 0 Å². The molecule has 0 fully saturated rings. The van der Waals surface area contributed by atoms with E-state index < -0.39 is 0 Å². The Morgan fingerprint density at radius 2 is 2.25 bits per heavy atom. The Labute approximate surface area is 51.0 Å². The van der Waals surface area contributed by atoms with E-state index in [1.54, 1.807) is 0 Å². The van der Waals surface area contributed by atoms with Gasteiger partial charge in [-0.25, -0.2) is 5.11 Å². The number of allylic oxidation sites excluding steroid dienone is 1. The van der Waals surface area contributed by atoms with Crippen molar-refractivity contribution < 1.29 is 5.11 Å². The summed E-state index contributed by atoms with van der Waals surface area (Å²) in [4.78, 5) is 0. The standard InChI is InChI=1S/C7H13O/c1-3-4-5-7(2)6-8/h4-5,7H,3,6H2,1-2H3/b5-4+. The summed E-state index contributed by atoms with van der Waals surface area (Å²) in [6.45, 7) is 4.00. The summed E-state index contributed by atoms with van der Waals surface area (Å²) in [6.07, 6.45) is 5.03. The maximum atomic E-state index is 10.1. The zero-order valence-electron chi connectivity index (χ0n) is 5.55. The van der Waals surface area contributed by atoms with Crippen LogP contribution in [0.25, 0.3) is 0 Å². The molecule has 0 aromatic rings. The molecular weight excluding hydrogens is 100 g/mol. The second-order valence-corrected chi connectivity index (χ2v) is 1.98. The molecule has 0 spiro atoms. The summed E-state index contributed by atoms with van der Waals surface area (Å²) in [5.41, 5.74) is 0. The van der Waals surface area contributed by atoms with Gasteiger partial charge < -0.3 is 0 Å². The van der Waals surface area contributed by atoms with Gasteiger partial charge in [0.25, 0.3) is 0 Å². The Hall–Kier alpha value is -0.300. The summed E-state index contributed by atoms with van der Waals surface area (Å²) in [5.74, 6) is 0.218. The van der Waals surface area contributed by atoms with Crippen LogP contribution in [0.2, 0.25) is 0 Å². The van der Waals surface area contributed by atoms with Gasteiger partial charge in [-0.1, -0.05) is 26.0 Å². The zero-order valence-corrected chi connectivity index (χ0v) is 5.55. The van der Waals surface area contributed by atoms with E-state index in [9.17, 15) is 5.11 Å². The molecule has 1 atom stereocenters. The molecule has 0 bridgehead atoms. The first-order valence-electron chi connectivity index (χ1n) is 3.06. The summed E-state index contributed by atoms with van der Waals surface area (Å²) in [5, 5.41) is 10.1. The SMILES string of the molecule is CC/C=C/C(C)C[O]. The van der Waals surface area contributed by atoms with E-state index in [1.165, 1.54) is 0 Å². The average molecular weight is 113 g/mol. The van der Waals surface area contributed by atoms with Gasteiger partial charge in [0.1, 0.15) is 0 Å². The molecule has 1 unspecified atom stereocenters. The van der Waals surface area contributed by atoms with Gasteiger partial charge in [-0.2, -0.15) is 0 Å². The van der Waals surface area contributed by atoms with E-state index in [0.717, 1.165) is 6.42 Å². The lowest BCUT2D eigenvalue weighted by Crippen LogP contribution is -1.92. The molecule has 1 heteroatoms. The second kappa shape index (κ2) is 4.85. The predicted octanol–water partition coefficient (Wildman–Crippen LogP) is 2.02. The third-order valence-electron chi connectivity index (χ3n) is 0.963. The lowest BCUT2D eigenvalue weighted by atomic mass is 10.2. The van der Waals surface area contributed by atoms with Crippen molar-refractivity contribution in [3.8, 4) is 0 Å². The molecule has 0 saturated carbocycles. The number of hydrogen-bond donors (Lipinski definition) is 0. The Bertz CT molecular complexity index is 66.8. The van der Waals surface area contributed by atoms with Crippen molar-refractivity contribution in [2.45, 2.75) is 20.3 Å². The first-order valence-corrected chi connectivity index (χ1v) is 3.06. The molecule has 8 heavy (non-hydrogen) atoms. The first kappa shape index (κ1) is 7.70. The maximum Gasteiger partial charge on any atom is 0.0882 e. The van der Waals surface area contributed by atoms with Gasteiger partial charge in [-0.05, 0) is 6.42 Å². The maximum absolute atomic E-state index is 10.1. The number of hydrogen-bond acceptors (Lipinski definition) is 0. The summed E-state index contributed by atoms with van der Waals surface area (Å²) >= 11 is 0. The molecule has 0 aliphatic rings. The zero-order chi connectivity index (χ0) is 6.41. The molecule has 0 N–H and O–H groups in total. The Morgan fingerprint density at radius 3 is 2.62 bits per heavy atom. The molecule has 0 aromatic carbocycles. The van der Waals surface area contributed by atoms with Crippen molar-refractivity contribution in [3.63, 3.8) is 0 Å². The Balaban J connectivity index is 3.21. The number of rotatable bonds is 3. The van der Waals surface area contributed by atoms with Gasteiger partial charge in [0.15, 0.2) is 0 Å². The van der Waals surface area contributed by atoms with Gasteiger partial charge in [0, 0.05) is 5.92 Å². The molecule has 0 saturated heterocycles. The van der Waals surface area contributed by atoms with Gasteiger partial charge in [-0.15, -0.1) is 0 Å². The van der Waals surface area contributed by atoms with E-state index in [0.29, 0.717) is 0 Å². The van der Waals surface area contributed by atoms with E-state index in [4.69, 9.17) is 0 Å². The van der Waals surface area contributed by atoms with Gasteiger partial charge >= 0.3 is 0 Å². The van der Waals surface area contributed by atoms with Crippen LogP contribution >= 0.6 is 0 Å². The van der Waals surface area contributed by atoms with Crippen molar-refractivity contribution in [1.82, 2.24) is 0 Å².